The van der Waals surface area contributed by atoms with Crippen LogP contribution in [0.4, 0.5) is 10.1 Å². The molecule has 1 amide bonds. The minimum absolute atomic E-state index is 0.213. The van der Waals surface area contributed by atoms with Crippen molar-refractivity contribution in [2.45, 2.75) is 17.7 Å². The van der Waals surface area contributed by atoms with E-state index < -0.39 is 15.8 Å². The zero-order valence-electron chi connectivity index (χ0n) is 14.9. The molecule has 2 aromatic rings. The number of carbonyl (C=O) groups is 1. The van der Waals surface area contributed by atoms with Crippen LogP contribution in [0.1, 0.15) is 22.3 Å². The van der Waals surface area contributed by atoms with Gasteiger partial charge in [-0.25, -0.2) is 12.8 Å². The van der Waals surface area contributed by atoms with E-state index in [9.17, 15) is 17.6 Å². The summed E-state index contributed by atoms with van der Waals surface area (Å²) in [7, 11) is -2.45. The molecule has 2 aromatic carbocycles. The Labute approximate surface area is 158 Å². The van der Waals surface area contributed by atoms with Crippen LogP contribution in [0.15, 0.2) is 47.4 Å². The quantitative estimate of drug-likeness (QED) is 0.734. The van der Waals surface area contributed by atoms with Crippen molar-refractivity contribution in [1.29, 1.82) is 0 Å². The highest BCUT2D eigenvalue weighted by molar-refractivity contribution is 7.92. The number of anilines is 1. The number of fused-ring (bicyclic) bond motifs is 1. The van der Waals surface area contributed by atoms with Gasteiger partial charge in [-0.3, -0.25) is 9.10 Å². The second-order valence-corrected chi connectivity index (χ2v) is 8.03. The normalized spacial score (nSPS) is 13.5. The fourth-order valence-electron chi connectivity index (χ4n) is 3.03. The molecule has 0 saturated heterocycles. The van der Waals surface area contributed by atoms with Crippen LogP contribution in [0, 0.1) is 5.82 Å². The smallest absolute Gasteiger partial charge is 0.267 e. The van der Waals surface area contributed by atoms with Crippen molar-refractivity contribution in [3.63, 3.8) is 0 Å². The first-order chi connectivity index (χ1) is 12.9. The van der Waals surface area contributed by atoms with Crippen LogP contribution in [0.2, 0.25) is 0 Å². The minimum atomic E-state index is -4.04. The Morgan fingerprint density at radius 1 is 1.26 bits per heavy atom. The standard InChI is InChI=1S/C19H21FN2O4S/c1-26-12-4-10-21-19(23)15-8-7-14-9-11-22(17(14)13-15)27(24,25)18-6-3-2-5-16(18)20/h2-3,5-8,13H,4,9-12H2,1H3,(H,21,23). The lowest BCUT2D eigenvalue weighted by atomic mass is 10.1. The largest absolute Gasteiger partial charge is 0.385 e. The molecule has 0 bridgehead atoms. The third kappa shape index (κ3) is 3.96. The van der Waals surface area contributed by atoms with Crippen LogP contribution in [-0.4, -0.2) is 41.1 Å². The van der Waals surface area contributed by atoms with Gasteiger partial charge in [0.05, 0.1) is 5.69 Å². The topological polar surface area (TPSA) is 75.7 Å². The molecule has 1 N–H and O–H groups in total. The third-order valence-electron chi connectivity index (χ3n) is 4.42. The van der Waals surface area contributed by atoms with Gasteiger partial charge in [0.25, 0.3) is 15.9 Å². The van der Waals surface area contributed by atoms with Crippen LogP contribution in [0.3, 0.4) is 0 Å². The van der Waals surface area contributed by atoms with E-state index in [1.807, 2.05) is 0 Å². The Balaban J connectivity index is 1.86. The highest BCUT2D eigenvalue weighted by Crippen LogP contribution is 2.34. The van der Waals surface area contributed by atoms with E-state index in [1.54, 1.807) is 25.3 Å². The van der Waals surface area contributed by atoms with Crippen molar-refractivity contribution in [3.8, 4) is 0 Å². The lowest BCUT2D eigenvalue weighted by Crippen LogP contribution is -2.30. The van der Waals surface area contributed by atoms with E-state index in [2.05, 4.69) is 5.32 Å². The number of methoxy groups -OCH3 is 1. The highest BCUT2D eigenvalue weighted by Gasteiger charge is 2.33. The van der Waals surface area contributed by atoms with Crippen LogP contribution in [0.25, 0.3) is 0 Å². The summed E-state index contributed by atoms with van der Waals surface area (Å²) in [6.07, 6.45) is 1.19. The van der Waals surface area contributed by atoms with Gasteiger partial charge in [-0.2, -0.15) is 0 Å². The van der Waals surface area contributed by atoms with Gasteiger partial charge < -0.3 is 10.1 Å². The number of halogens is 1. The lowest BCUT2D eigenvalue weighted by Gasteiger charge is -2.20. The van der Waals surface area contributed by atoms with Crippen molar-refractivity contribution in [3.05, 3.63) is 59.4 Å². The van der Waals surface area contributed by atoms with E-state index in [0.29, 0.717) is 37.2 Å². The van der Waals surface area contributed by atoms with Gasteiger partial charge in [-0.1, -0.05) is 18.2 Å². The first-order valence-electron chi connectivity index (χ1n) is 8.62. The number of sulfonamides is 1. The van der Waals surface area contributed by atoms with Gasteiger partial charge >= 0.3 is 0 Å². The molecule has 0 atom stereocenters. The molecule has 1 heterocycles. The van der Waals surface area contributed by atoms with Crippen molar-refractivity contribution < 1.29 is 22.3 Å². The van der Waals surface area contributed by atoms with Gasteiger partial charge in [0.2, 0.25) is 0 Å². The molecule has 1 aliphatic heterocycles. The summed E-state index contributed by atoms with van der Waals surface area (Å²) in [5.41, 5.74) is 1.59. The Morgan fingerprint density at radius 2 is 2.04 bits per heavy atom. The minimum Gasteiger partial charge on any atom is -0.385 e. The van der Waals surface area contributed by atoms with Crippen molar-refractivity contribution in [2.24, 2.45) is 0 Å². The number of amides is 1. The number of ether oxygens (including phenoxy) is 1. The van der Waals surface area contributed by atoms with Crippen molar-refractivity contribution >= 4 is 21.6 Å². The van der Waals surface area contributed by atoms with Crippen LogP contribution in [0.5, 0.6) is 0 Å². The Morgan fingerprint density at radius 3 is 2.78 bits per heavy atom. The monoisotopic (exact) mass is 392 g/mol. The molecule has 0 aliphatic carbocycles. The maximum Gasteiger partial charge on any atom is 0.267 e. The summed E-state index contributed by atoms with van der Waals surface area (Å²) in [6.45, 7) is 1.21. The summed E-state index contributed by atoms with van der Waals surface area (Å²) >= 11 is 0. The van der Waals surface area contributed by atoms with E-state index in [4.69, 9.17) is 4.74 Å². The van der Waals surface area contributed by atoms with Gasteiger partial charge in [0.15, 0.2) is 0 Å². The number of hydrogen-bond donors (Lipinski definition) is 1. The zero-order valence-corrected chi connectivity index (χ0v) is 15.8. The van der Waals surface area contributed by atoms with Crippen molar-refractivity contribution in [2.75, 3.05) is 31.1 Å². The first-order valence-corrected chi connectivity index (χ1v) is 10.1. The molecule has 0 saturated carbocycles. The van der Waals surface area contributed by atoms with E-state index in [1.165, 1.54) is 22.5 Å². The van der Waals surface area contributed by atoms with Crippen LogP contribution < -0.4 is 9.62 Å². The van der Waals surface area contributed by atoms with Gasteiger partial charge in [0.1, 0.15) is 10.7 Å². The fraction of sp³-hybridized carbons (Fsp3) is 0.316. The second-order valence-electron chi connectivity index (χ2n) is 6.20. The summed E-state index contributed by atoms with van der Waals surface area (Å²) < 4.78 is 46.0. The molecule has 3 rings (SSSR count). The molecule has 8 heteroatoms. The number of hydrogen-bond acceptors (Lipinski definition) is 4. The third-order valence-corrected chi connectivity index (χ3v) is 6.26. The molecule has 6 nitrogen and oxygen atoms in total. The van der Waals surface area contributed by atoms with E-state index >= 15 is 0 Å². The number of benzene rings is 2. The predicted octanol–water partition coefficient (Wildman–Crippen LogP) is 2.34. The van der Waals surface area contributed by atoms with Crippen molar-refractivity contribution in [1.82, 2.24) is 5.32 Å². The SMILES string of the molecule is COCCCNC(=O)c1ccc2c(c1)N(S(=O)(=O)c1ccccc1F)CC2. The molecule has 0 unspecified atom stereocenters. The molecule has 0 radical (unpaired) electrons. The molecule has 1 aliphatic rings. The highest BCUT2D eigenvalue weighted by atomic mass is 32.2. The fourth-order valence-corrected chi connectivity index (χ4v) is 4.60. The van der Waals surface area contributed by atoms with Gasteiger partial charge in [-0.05, 0) is 42.7 Å². The Bertz CT molecular complexity index is 946. The molecule has 27 heavy (non-hydrogen) atoms. The molecule has 0 spiro atoms. The summed E-state index contributed by atoms with van der Waals surface area (Å²) in [5, 5.41) is 2.77. The summed E-state index contributed by atoms with van der Waals surface area (Å²) in [4.78, 5) is 11.9. The average Bonchev–Trinajstić information content (AvgIpc) is 3.09. The van der Waals surface area contributed by atoms with E-state index in [-0.39, 0.29) is 17.3 Å². The Kier molecular flexibility index (Phi) is 5.76. The maximum atomic E-state index is 14.0. The molecular formula is C19H21FN2O4S. The number of nitrogens with one attached hydrogen (secondary N) is 1. The lowest BCUT2D eigenvalue weighted by molar-refractivity contribution is 0.0948. The molecular weight excluding hydrogens is 371 g/mol. The predicted molar refractivity (Wildman–Crippen MR) is 99.9 cm³/mol. The molecule has 144 valence electrons. The van der Waals surface area contributed by atoms with Crippen LogP contribution in [-0.2, 0) is 21.2 Å². The number of rotatable bonds is 7. The number of carbonyl (C=O) groups excluding carboxylic acids is 1. The first kappa shape index (κ1) is 19.3. The van der Waals surface area contributed by atoms with Gasteiger partial charge in [0, 0.05) is 32.4 Å². The zero-order chi connectivity index (χ0) is 19.4. The second kappa shape index (κ2) is 8.06. The number of nitrogens with zero attached hydrogens (tertiary/aromatic N) is 1. The Hall–Kier alpha value is -2.45. The van der Waals surface area contributed by atoms with E-state index in [0.717, 1.165) is 11.6 Å². The van der Waals surface area contributed by atoms with Crippen LogP contribution >= 0.6 is 0 Å². The summed E-state index contributed by atoms with van der Waals surface area (Å²) in [5.74, 6) is -1.08. The maximum absolute atomic E-state index is 14.0. The molecule has 0 aromatic heterocycles. The average molecular weight is 392 g/mol. The summed E-state index contributed by atoms with van der Waals surface area (Å²) in [6, 6.07) is 10.3. The molecule has 0 fully saturated rings. The van der Waals surface area contributed by atoms with Gasteiger partial charge in [-0.15, -0.1) is 0 Å².